The summed E-state index contributed by atoms with van der Waals surface area (Å²) in [5.41, 5.74) is 0. The topological polar surface area (TPSA) is 56.5 Å². The minimum Gasteiger partial charge on any atom is -0.358 e. The van der Waals surface area contributed by atoms with E-state index in [0.29, 0.717) is 0 Å². The number of amides is 1. The van der Waals surface area contributed by atoms with Gasteiger partial charge in [0, 0.05) is 13.3 Å². The smallest absolute Gasteiger partial charge is 0.257 e. The van der Waals surface area contributed by atoms with Gasteiger partial charge in [0.15, 0.2) is 0 Å². The van der Waals surface area contributed by atoms with Gasteiger partial charge in [0.05, 0.1) is 18.3 Å². The summed E-state index contributed by atoms with van der Waals surface area (Å²) in [6.45, 7) is 15.6. The van der Waals surface area contributed by atoms with E-state index in [1.807, 2.05) is 41.5 Å². The summed E-state index contributed by atoms with van der Waals surface area (Å²) < 4.78 is 0. The number of hydrogen-bond acceptors (Lipinski definition) is 3. The first-order valence-corrected chi connectivity index (χ1v) is 6.64. The van der Waals surface area contributed by atoms with Gasteiger partial charge < -0.3 is 10.3 Å². The van der Waals surface area contributed by atoms with Crippen molar-refractivity contribution in [1.29, 1.82) is 5.41 Å². The number of carbonyl (C=O) groups excluding carboxylic acids is 1. The lowest BCUT2D eigenvalue weighted by molar-refractivity contribution is -0.121. The molecule has 1 amide bonds. The third kappa shape index (κ3) is 6.99. The minimum atomic E-state index is -0.475. The minimum absolute atomic E-state index is 0.132. The summed E-state index contributed by atoms with van der Waals surface area (Å²) in [7, 11) is 1.80. The Hall–Kier alpha value is -1.45. The second kappa shape index (κ2) is 15.6. The zero-order valence-electron chi connectivity index (χ0n) is 12.9. The Morgan fingerprint density at radius 1 is 1.28 bits per heavy atom. The predicted molar refractivity (Wildman–Crippen MR) is 81.6 cm³/mol. The van der Waals surface area contributed by atoms with Crippen LogP contribution in [-0.4, -0.2) is 36.4 Å². The van der Waals surface area contributed by atoms with E-state index in [1.165, 1.54) is 6.34 Å². The van der Waals surface area contributed by atoms with Gasteiger partial charge in [-0.15, -0.1) is 6.58 Å². The molecular weight excluding hydrogens is 226 g/mol. The molecule has 18 heavy (non-hydrogen) atoms. The van der Waals surface area contributed by atoms with Crippen molar-refractivity contribution in [3.63, 3.8) is 0 Å². The Bertz CT molecular complexity index is 249. The van der Waals surface area contributed by atoms with Gasteiger partial charge in [-0.1, -0.05) is 47.6 Å². The van der Waals surface area contributed by atoms with E-state index in [0.717, 1.165) is 6.21 Å². The zero-order valence-corrected chi connectivity index (χ0v) is 12.9. The van der Waals surface area contributed by atoms with Gasteiger partial charge >= 0.3 is 0 Å². The first-order chi connectivity index (χ1) is 8.70. The molecule has 0 spiro atoms. The van der Waals surface area contributed by atoms with Crippen molar-refractivity contribution in [2.24, 2.45) is 10.9 Å². The van der Waals surface area contributed by atoms with Gasteiger partial charge in [0.2, 0.25) is 0 Å². The monoisotopic (exact) mass is 255 g/mol. The van der Waals surface area contributed by atoms with Crippen molar-refractivity contribution in [2.45, 2.75) is 47.6 Å². The van der Waals surface area contributed by atoms with Crippen LogP contribution in [-0.2, 0) is 4.79 Å². The molecule has 1 rings (SSSR count). The number of nitrogens with one attached hydrogen (secondary N) is 1. The number of hydrogen-bond donors (Lipinski definition) is 1. The molecule has 1 heterocycles. The van der Waals surface area contributed by atoms with E-state index in [2.05, 4.69) is 11.6 Å². The van der Waals surface area contributed by atoms with Crippen LogP contribution in [0, 0.1) is 11.3 Å². The first kappa shape index (κ1) is 21.8. The quantitative estimate of drug-likeness (QED) is 0.607. The van der Waals surface area contributed by atoms with Crippen LogP contribution in [0.25, 0.3) is 0 Å². The third-order valence-corrected chi connectivity index (χ3v) is 1.91. The van der Waals surface area contributed by atoms with Crippen molar-refractivity contribution in [1.82, 2.24) is 4.90 Å². The Kier molecular flexibility index (Phi) is 18.8. The predicted octanol–water partition coefficient (Wildman–Crippen LogP) is 3.39. The van der Waals surface area contributed by atoms with Crippen LogP contribution >= 0.6 is 0 Å². The van der Waals surface area contributed by atoms with E-state index < -0.39 is 5.92 Å². The highest BCUT2D eigenvalue weighted by Crippen LogP contribution is 2.13. The molecule has 4 nitrogen and oxygen atoms in total. The molecule has 0 bridgehead atoms. The summed E-state index contributed by atoms with van der Waals surface area (Å²) in [5, 5.41) is 7.06. The molecule has 0 fully saturated rings. The van der Waals surface area contributed by atoms with E-state index in [9.17, 15) is 4.79 Å². The van der Waals surface area contributed by atoms with Crippen LogP contribution in [0.1, 0.15) is 41.5 Å². The van der Waals surface area contributed by atoms with Gasteiger partial charge in [0.25, 0.3) is 5.91 Å². The lowest BCUT2D eigenvalue weighted by atomic mass is 9.98. The molecule has 1 N–H and O–H groups in total. The number of carbonyl (C=O) groups is 1. The highest BCUT2D eigenvalue weighted by molar-refractivity contribution is 5.99. The SMILES string of the molecule is C=CC1C(C=N)C(=O)N=CN1C.CC.CC.CC. The highest BCUT2D eigenvalue weighted by atomic mass is 16.1. The van der Waals surface area contributed by atoms with Crippen molar-refractivity contribution in [3.8, 4) is 0 Å². The normalized spacial score (nSPS) is 20.2. The van der Waals surface area contributed by atoms with E-state index >= 15 is 0 Å². The molecule has 1 aliphatic heterocycles. The average molecular weight is 255 g/mol. The fraction of sp³-hybridized carbons (Fsp3) is 0.643. The molecule has 4 heteroatoms. The van der Waals surface area contributed by atoms with Gasteiger partial charge in [-0.25, -0.2) is 4.99 Å². The Balaban J connectivity index is -0.000000328. The molecule has 0 aromatic rings. The number of nitrogens with zero attached hydrogens (tertiary/aromatic N) is 2. The Morgan fingerprint density at radius 2 is 1.72 bits per heavy atom. The first-order valence-electron chi connectivity index (χ1n) is 6.64. The molecule has 0 aromatic carbocycles. The summed E-state index contributed by atoms with van der Waals surface area (Å²) in [6.07, 6.45) is 4.23. The van der Waals surface area contributed by atoms with Crippen LogP contribution < -0.4 is 0 Å². The van der Waals surface area contributed by atoms with Crippen molar-refractivity contribution >= 4 is 18.5 Å². The highest BCUT2D eigenvalue weighted by Gasteiger charge is 2.29. The van der Waals surface area contributed by atoms with Crippen LogP contribution in [0.5, 0.6) is 0 Å². The molecule has 106 valence electrons. The zero-order chi connectivity index (χ0) is 15.1. The van der Waals surface area contributed by atoms with E-state index in [1.54, 1.807) is 18.0 Å². The molecule has 2 atom stereocenters. The van der Waals surface area contributed by atoms with Gasteiger partial charge in [-0.2, -0.15) is 0 Å². The van der Waals surface area contributed by atoms with Crippen molar-refractivity contribution in [2.75, 3.05) is 7.05 Å². The molecule has 0 aromatic heterocycles. The largest absolute Gasteiger partial charge is 0.358 e. The summed E-state index contributed by atoms with van der Waals surface area (Å²) in [6, 6.07) is -0.132. The Morgan fingerprint density at radius 3 is 2.00 bits per heavy atom. The molecule has 0 aliphatic carbocycles. The fourth-order valence-electron chi connectivity index (χ4n) is 1.19. The number of likely N-dealkylation sites (N-methyl/N-ethyl adjacent to an activating group) is 1. The van der Waals surface area contributed by atoms with E-state index in [-0.39, 0.29) is 11.9 Å². The molecule has 1 aliphatic rings. The number of aliphatic imine (C=N–C) groups is 1. The van der Waals surface area contributed by atoms with Gasteiger partial charge in [-0.3, -0.25) is 4.79 Å². The van der Waals surface area contributed by atoms with Gasteiger partial charge in [-0.05, 0) is 0 Å². The average Bonchev–Trinajstić information content (AvgIpc) is 2.47. The molecule has 0 radical (unpaired) electrons. The van der Waals surface area contributed by atoms with Gasteiger partial charge in [0.1, 0.15) is 0 Å². The second-order valence-corrected chi connectivity index (χ2v) is 2.67. The Labute approximate surface area is 112 Å². The van der Waals surface area contributed by atoms with Crippen LogP contribution in [0.2, 0.25) is 0 Å². The second-order valence-electron chi connectivity index (χ2n) is 2.67. The van der Waals surface area contributed by atoms with E-state index in [4.69, 9.17) is 5.41 Å². The van der Waals surface area contributed by atoms with Crippen molar-refractivity contribution in [3.05, 3.63) is 12.7 Å². The maximum absolute atomic E-state index is 11.1. The van der Waals surface area contributed by atoms with Crippen LogP contribution in [0.3, 0.4) is 0 Å². The molecule has 0 saturated carbocycles. The molecule has 0 saturated heterocycles. The fourth-order valence-corrected chi connectivity index (χ4v) is 1.19. The standard InChI is InChI=1S/C8H11N3O.3C2H6/c1-3-7-6(4-9)8(12)10-5-11(7)2;3*1-2/h3-7,9H,1H2,2H3;3*1-2H3. The maximum atomic E-state index is 11.1. The third-order valence-electron chi connectivity index (χ3n) is 1.91. The summed E-state index contributed by atoms with van der Waals surface area (Å²) in [5.74, 6) is -0.745. The van der Waals surface area contributed by atoms with Crippen LogP contribution in [0.15, 0.2) is 17.6 Å². The number of rotatable bonds is 2. The maximum Gasteiger partial charge on any atom is 0.257 e. The molecule has 2 unspecified atom stereocenters. The summed E-state index contributed by atoms with van der Waals surface area (Å²) in [4.78, 5) is 16.5. The lowest BCUT2D eigenvalue weighted by Crippen LogP contribution is -2.43. The van der Waals surface area contributed by atoms with Crippen LogP contribution in [0.4, 0.5) is 0 Å². The molecular formula is C14H29N3O. The van der Waals surface area contributed by atoms with Crippen molar-refractivity contribution < 1.29 is 4.79 Å². The lowest BCUT2D eigenvalue weighted by Gasteiger charge is -2.29. The summed E-state index contributed by atoms with van der Waals surface area (Å²) >= 11 is 0.